The first kappa shape index (κ1) is 18.8. The van der Waals surface area contributed by atoms with Crippen LogP contribution in [-0.2, 0) is 9.47 Å². The topological polar surface area (TPSA) is 51.7 Å². The number of methoxy groups -OCH3 is 2. The molecular weight excluding hydrogens is 348 g/mol. The van der Waals surface area contributed by atoms with Crippen LogP contribution in [0.2, 0.25) is 0 Å². The zero-order valence-corrected chi connectivity index (χ0v) is 16.5. The number of benzene rings is 2. The van der Waals surface area contributed by atoms with E-state index in [1.165, 1.54) is 0 Å². The molecule has 3 rings (SSSR count). The van der Waals surface area contributed by atoms with Crippen LogP contribution in [0.15, 0.2) is 29.1 Å². The van der Waals surface area contributed by atoms with E-state index in [2.05, 4.69) is 24.0 Å². The molecule has 0 atom stereocenters. The van der Waals surface area contributed by atoms with Gasteiger partial charge in [-0.25, -0.2) is 4.98 Å². The number of ether oxygens (including phenoxy) is 2. The zero-order chi connectivity index (χ0) is 18.7. The minimum absolute atomic E-state index is 0.0297. The number of hydrogen-bond donors (Lipinski definition) is 0. The summed E-state index contributed by atoms with van der Waals surface area (Å²) in [5.74, 6) is 0. The fourth-order valence-corrected chi connectivity index (χ4v) is 4.27. The summed E-state index contributed by atoms with van der Waals surface area (Å²) in [6.45, 7) is 6.91. The normalized spacial score (nSPS) is 11.4. The van der Waals surface area contributed by atoms with Gasteiger partial charge in [-0.05, 0) is 43.2 Å². The Balaban J connectivity index is 2.12. The molecule has 1 heterocycles. The highest BCUT2D eigenvalue weighted by atomic mass is 32.1. The Bertz CT molecular complexity index is 930. The second kappa shape index (κ2) is 8.12. The van der Waals surface area contributed by atoms with E-state index in [9.17, 15) is 4.79 Å². The van der Waals surface area contributed by atoms with Crippen LogP contribution in [0.4, 0.5) is 5.69 Å². The van der Waals surface area contributed by atoms with E-state index in [1.807, 2.05) is 6.92 Å². The highest BCUT2D eigenvalue weighted by Crippen LogP contribution is 2.35. The summed E-state index contributed by atoms with van der Waals surface area (Å²) < 4.78 is 11.6. The van der Waals surface area contributed by atoms with Gasteiger partial charge in [-0.15, -0.1) is 11.3 Å². The third kappa shape index (κ3) is 3.87. The summed E-state index contributed by atoms with van der Waals surface area (Å²) >= 11 is 1.62. The Morgan fingerprint density at radius 3 is 2.35 bits per heavy atom. The van der Waals surface area contributed by atoms with Gasteiger partial charge in [0.2, 0.25) is 0 Å². The molecule has 0 spiro atoms. The van der Waals surface area contributed by atoms with Gasteiger partial charge in [-0.1, -0.05) is 0 Å². The smallest absolute Gasteiger partial charge is 0.180 e. The van der Waals surface area contributed by atoms with Crippen LogP contribution in [0.1, 0.15) is 11.1 Å². The molecule has 0 N–H and O–H groups in total. The van der Waals surface area contributed by atoms with Crippen LogP contribution < -0.4 is 10.3 Å². The van der Waals surface area contributed by atoms with Gasteiger partial charge in [0.05, 0.1) is 34.0 Å². The fourth-order valence-electron chi connectivity index (χ4n) is 3.07. The van der Waals surface area contributed by atoms with Crippen molar-refractivity contribution in [3.8, 4) is 10.6 Å². The zero-order valence-electron chi connectivity index (χ0n) is 15.7. The number of hydrogen-bond acceptors (Lipinski definition) is 6. The Morgan fingerprint density at radius 2 is 1.69 bits per heavy atom. The molecule has 0 aromatic heterocycles. The van der Waals surface area contributed by atoms with Gasteiger partial charge in [0.15, 0.2) is 5.43 Å². The van der Waals surface area contributed by atoms with Crippen molar-refractivity contribution in [2.24, 2.45) is 0 Å². The number of aromatic nitrogens is 1. The summed E-state index contributed by atoms with van der Waals surface area (Å²) in [6, 6.07) is 7.64. The number of rotatable bonds is 7. The van der Waals surface area contributed by atoms with E-state index in [1.54, 1.807) is 37.7 Å². The first-order valence-electron chi connectivity index (χ1n) is 8.62. The molecule has 1 aromatic rings. The van der Waals surface area contributed by atoms with Crippen molar-refractivity contribution < 1.29 is 9.47 Å². The second-order valence-electron chi connectivity index (χ2n) is 6.38. The molecule has 0 fully saturated rings. The van der Waals surface area contributed by atoms with E-state index in [0.29, 0.717) is 13.2 Å². The average molecular weight is 372 g/mol. The van der Waals surface area contributed by atoms with Gasteiger partial charge in [0.1, 0.15) is 0 Å². The molecule has 1 aromatic carbocycles. The van der Waals surface area contributed by atoms with Crippen LogP contribution in [-0.4, -0.2) is 45.5 Å². The Kier molecular flexibility index (Phi) is 5.86. The number of nitrogens with zero attached hydrogens (tertiary/aromatic N) is 2. The van der Waals surface area contributed by atoms with Crippen LogP contribution in [0, 0.1) is 13.8 Å². The monoisotopic (exact) mass is 372 g/mol. The molecular formula is C20H24N2O3S. The molecule has 0 saturated heterocycles. The Morgan fingerprint density at radius 1 is 1.00 bits per heavy atom. The number of fused-ring (bicyclic) bond motifs is 2. The molecule has 26 heavy (non-hydrogen) atoms. The minimum Gasteiger partial charge on any atom is -0.383 e. The van der Waals surface area contributed by atoms with Gasteiger partial charge in [-0.2, -0.15) is 0 Å². The Labute approximate surface area is 157 Å². The molecule has 0 unspecified atom stereocenters. The molecule has 0 amide bonds. The molecule has 2 aliphatic rings. The lowest BCUT2D eigenvalue weighted by atomic mass is 10.1. The van der Waals surface area contributed by atoms with Crippen molar-refractivity contribution >= 4 is 27.2 Å². The summed E-state index contributed by atoms with van der Waals surface area (Å²) in [4.78, 5) is 19.9. The third-order valence-corrected chi connectivity index (χ3v) is 5.49. The summed E-state index contributed by atoms with van der Waals surface area (Å²) in [6.07, 6.45) is 0. The first-order valence-corrected chi connectivity index (χ1v) is 9.44. The molecule has 138 valence electrons. The number of anilines is 1. The van der Waals surface area contributed by atoms with Crippen molar-refractivity contribution in [2.45, 2.75) is 13.8 Å². The van der Waals surface area contributed by atoms with Crippen LogP contribution in [0.3, 0.4) is 0 Å². The molecule has 1 aliphatic carbocycles. The van der Waals surface area contributed by atoms with Crippen LogP contribution in [0.5, 0.6) is 0 Å². The second-order valence-corrected chi connectivity index (χ2v) is 7.47. The first-order chi connectivity index (χ1) is 12.5. The predicted molar refractivity (Wildman–Crippen MR) is 108 cm³/mol. The van der Waals surface area contributed by atoms with Crippen LogP contribution in [0.25, 0.3) is 20.8 Å². The van der Waals surface area contributed by atoms with Crippen LogP contribution >= 0.6 is 11.3 Å². The standard InChI is InChI=1S/C20H24N2O3S/c1-13-9-15(22(5-7-24-3)6-8-25-4)11-17-19(13)21-20-14(2)10-16(23)12-18(20)26-17/h9-12H,5-8H2,1-4H3. The largest absolute Gasteiger partial charge is 0.383 e. The molecule has 6 heteroatoms. The molecule has 0 bridgehead atoms. The van der Waals surface area contributed by atoms with E-state index in [-0.39, 0.29) is 5.43 Å². The quantitative estimate of drug-likeness (QED) is 0.595. The highest BCUT2D eigenvalue weighted by Gasteiger charge is 2.15. The fraction of sp³-hybridized carbons (Fsp3) is 0.400. The lowest BCUT2D eigenvalue weighted by molar-refractivity contribution is 0.190. The minimum atomic E-state index is 0.0297. The van der Waals surface area contributed by atoms with Gasteiger partial charge < -0.3 is 14.4 Å². The third-order valence-electron chi connectivity index (χ3n) is 4.43. The van der Waals surface area contributed by atoms with E-state index >= 15 is 0 Å². The van der Waals surface area contributed by atoms with Crippen molar-refractivity contribution in [1.29, 1.82) is 0 Å². The number of aryl methyl sites for hydroxylation is 2. The lowest BCUT2D eigenvalue weighted by Crippen LogP contribution is -2.30. The molecule has 1 aliphatic heterocycles. The summed E-state index contributed by atoms with van der Waals surface area (Å²) in [7, 11) is 3.42. The molecule has 0 radical (unpaired) electrons. The van der Waals surface area contributed by atoms with Gasteiger partial charge in [-0.3, -0.25) is 4.79 Å². The highest BCUT2D eigenvalue weighted by molar-refractivity contribution is 7.21. The van der Waals surface area contributed by atoms with Gasteiger partial charge in [0, 0.05) is 39.1 Å². The average Bonchev–Trinajstić information content (AvgIpc) is 2.60. The Hall–Kier alpha value is -2.02. The predicted octanol–water partition coefficient (Wildman–Crippen LogP) is 3.48. The summed E-state index contributed by atoms with van der Waals surface area (Å²) in [5, 5.41) is 0. The maximum atomic E-state index is 11.9. The van der Waals surface area contributed by atoms with Crippen molar-refractivity contribution in [3.05, 3.63) is 45.6 Å². The van der Waals surface area contributed by atoms with E-state index < -0.39 is 0 Å². The maximum absolute atomic E-state index is 11.9. The molecule has 0 saturated carbocycles. The van der Waals surface area contributed by atoms with E-state index in [4.69, 9.17) is 14.5 Å². The van der Waals surface area contributed by atoms with E-state index in [0.717, 1.165) is 50.7 Å². The SMILES string of the molecule is COCCN(CCOC)c1cc(C)c2nc3c(C)cc(=O)cc-3sc2c1. The summed E-state index contributed by atoms with van der Waals surface area (Å²) in [5.41, 5.74) is 5.11. The van der Waals surface area contributed by atoms with Gasteiger partial charge >= 0.3 is 0 Å². The lowest BCUT2D eigenvalue weighted by Gasteiger charge is -2.25. The molecule has 5 nitrogen and oxygen atoms in total. The van der Waals surface area contributed by atoms with Gasteiger partial charge in [0.25, 0.3) is 0 Å². The van der Waals surface area contributed by atoms with Crippen molar-refractivity contribution in [1.82, 2.24) is 4.98 Å². The maximum Gasteiger partial charge on any atom is 0.180 e. The van der Waals surface area contributed by atoms with Crippen molar-refractivity contribution in [3.63, 3.8) is 0 Å². The van der Waals surface area contributed by atoms with Crippen molar-refractivity contribution in [2.75, 3.05) is 45.4 Å².